The second-order valence-electron chi connectivity index (χ2n) is 5.53. The molecular formula is C15H28O2S. The summed E-state index contributed by atoms with van der Waals surface area (Å²) in [7, 11) is 0. The number of hydrogen-bond donors (Lipinski definition) is 0. The highest BCUT2D eigenvalue weighted by Crippen LogP contribution is 2.26. The first-order valence-corrected chi connectivity index (χ1v) is 7.74. The maximum absolute atomic E-state index is 11.2. The normalized spacial score (nSPS) is 14.2. The average Bonchev–Trinajstić information content (AvgIpc) is 2.14. The summed E-state index contributed by atoms with van der Waals surface area (Å²) >= 11 is 1.92. The van der Waals surface area contributed by atoms with Gasteiger partial charge in [-0.2, -0.15) is 11.8 Å². The summed E-state index contributed by atoms with van der Waals surface area (Å²) in [5, 5.41) is 0.629. The van der Waals surface area contributed by atoms with E-state index in [4.69, 9.17) is 4.74 Å². The van der Waals surface area contributed by atoms with Gasteiger partial charge in [0.05, 0.1) is 0 Å². The zero-order valence-electron chi connectivity index (χ0n) is 12.7. The standard InChI is InChI=1S/C15H28O2S/c1-12(2)8-7-9-15(6,17-14(5)16)10-11-18-13(3)4/h8,13H,7,9-11H2,1-6H3/t15-/m1/s1. The fraction of sp³-hybridized carbons (Fsp3) is 0.800. The molecule has 0 heterocycles. The third-order valence-electron chi connectivity index (χ3n) is 2.70. The van der Waals surface area contributed by atoms with Crippen LogP contribution in [0.2, 0.25) is 0 Å². The smallest absolute Gasteiger partial charge is 0.303 e. The van der Waals surface area contributed by atoms with E-state index in [2.05, 4.69) is 33.8 Å². The summed E-state index contributed by atoms with van der Waals surface area (Å²) in [5.74, 6) is 0.861. The van der Waals surface area contributed by atoms with Crippen molar-refractivity contribution in [3.63, 3.8) is 0 Å². The molecule has 0 saturated carbocycles. The summed E-state index contributed by atoms with van der Waals surface area (Å²) in [6, 6.07) is 0. The van der Waals surface area contributed by atoms with Crippen molar-refractivity contribution in [2.75, 3.05) is 5.75 Å². The lowest BCUT2D eigenvalue weighted by molar-refractivity contribution is -0.156. The second kappa shape index (κ2) is 8.63. The predicted molar refractivity (Wildman–Crippen MR) is 81.0 cm³/mol. The van der Waals surface area contributed by atoms with Gasteiger partial charge in [-0.1, -0.05) is 25.5 Å². The lowest BCUT2D eigenvalue weighted by atomic mass is 9.96. The Morgan fingerprint density at radius 1 is 1.28 bits per heavy atom. The van der Waals surface area contributed by atoms with Gasteiger partial charge >= 0.3 is 5.97 Å². The molecule has 0 unspecified atom stereocenters. The van der Waals surface area contributed by atoms with E-state index in [9.17, 15) is 4.79 Å². The highest BCUT2D eigenvalue weighted by atomic mass is 32.2. The van der Waals surface area contributed by atoms with Crippen LogP contribution in [0, 0.1) is 0 Å². The summed E-state index contributed by atoms with van der Waals surface area (Å²) in [5.41, 5.74) is 0.997. The van der Waals surface area contributed by atoms with Crippen LogP contribution in [0.15, 0.2) is 11.6 Å². The molecule has 0 N–H and O–H groups in total. The number of carbonyl (C=O) groups excluding carboxylic acids is 1. The van der Waals surface area contributed by atoms with Gasteiger partial charge in [0.15, 0.2) is 0 Å². The van der Waals surface area contributed by atoms with Crippen LogP contribution in [0.4, 0.5) is 0 Å². The van der Waals surface area contributed by atoms with Crippen molar-refractivity contribution >= 4 is 17.7 Å². The van der Waals surface area contributed by atoms with E-state index in [-0.39, 0.29) is 11.6 Å². The van der Waals surface area contributed by atoms with Gasteiger partial charge < -0.3 is 4.74 Å². The molecule has 0 aromatic rings. The average molecular weight is 272 g/mol. The second-order valence-corrected chi connectivity index (χ2v) is 7.22. The number of allylic oxidation sites excluding steroid dienone is 2. The molecule has 0 aliphatic heterocycles. The fourth-order valence-corrected chi connectivity index (χ4v) is 2.77. The quantitative estimate of drug-likeness (QED) is 0.477. The Balaban J connectivity index is 4.32. The zero-order chi connectivity index (χ0) is 14.2. The molecule has 0 amide bonds. The molecule has 0 fully saturated rings. The summed E-state index contributed by atoms with van der Waals surface area (Å²) < 4.78 is 5.52. The molecule has 106 valence electrons. The molecule has 0 bridgehead atoms. The van der Waals surface area contributed by atoms with Crippen LogP contribution in [0.5, 0.6) is 0 Å². The van der Waals surface area contributed by atoms with E-state index in [0.717, 1.165) is 25.0 Å². The number of ether oxygens (including phenoxy) is 1. The van der Waals surface area contributed by atoms with Crippen molar-refractivity contribution in [1.29, 1.82) is 0 Å². The van der Waals surface area contributed by atoms with Gasteiger partial charge in [0.1, 0.15) is 5.60 Å². The molecule has 1 atom stereocenters. The topological polar surface area (TPSA) is 26.3 Å². The van der Waals surface area contributed by atoms with Crippen molar-refractivity contribution in [3.8, 4) is 0 Å². The van der Waals surface area contributed by atoms with E-state index in [1.165, 1.54) is 12.5 Å². The molecule has 0 aromatic carbocycles. The van der Waals surface area contributed by atoms with Gasteiger partial charge in [-0.15, -0.1) is 0 Å². The van der Waals surface area contributed by atoms with Crippen molar-refractivity contribution in [1.82, 2.24) is 0 Å². The lowest BCUT2D eigenvalue weighted by Crippen LogP contribution is -2.31. The molecule has 3 heteroatoms. The Hall–Kier alpha value is -0.440. The van der Waals surface area contributed by atoms with Crippen LogP contribution in [0.1, 0.15) is 60.8 Å². The van der Waals surface area contributed by atoms with E-state index >= 15 is 0 Å². The first-order chi connectivity index (χ1) is 8.25. The van der Waals surface area contributed by atoms with Crippen molar-refractivity contribution in [3.05, 3.63) is 11.6 Å². The van der Waals surface area contributed by atoms with Gasteiger partial charge in [-0.3, -0.25) is 4.79 Å². The SMILES string of the molecule is CC(=O)O[C@](C)(CCC=C(C)C)CCSC(C)C. The van der Waals surface area contributed by atoms with Crippen molar-refractivity contribution < 1.29 is 9.53 Å². The van der Waals surface area contributed by atoms with Crippen LogP contribution in [0.3, 0.4) is 0 Å². The minimum atomic E-state index is -0.320. The predicted octanol–water partition coefficient (Wildman–Crippen LogP) is 4.59. The summed E-state index contributed by atoms with van der Waals surface area (Å²) in [6.07, 6.45) is 5.00. The van der Waals surface area contributed by atoms with Crippen LogP contribution < -0.4 is 0 Å². The van der Waals surface area contributed by atoms with Crippen LogP contribution in [0.25, 0.3) is 0 Å². The number of thioether (sulfide) groups is 1. The molecular weight excluding hydrogens is 244 g/mol. The molecule has 0 aliphatic carbocycles. The molecule has 0 aromatic heterocycles. The largest absolute Gasteiger partial charge is 0.460 e. The first-order valence-electron chi connectivity index (χ1n) is 6.70. The van der Waals surface area contributed by atoms with Crippen LogP contribution in [-0.4, -0.2) is 22.6 Å². The number of hydrogen-bond acceptors (Lipinski definition) is 3. The maximum atomic E-state index is 11.2. The monoisotopic (exact) mass is 272 g/mol. The molecule has 18 heavy (non-hydrogen) atoms. The summed E-state index contributed by atoms with van der Waals surface area (Å²) in [4.78, 5) is 11.2. The van der Waals surface area contributed by atoms with E-state index in [1.54, 1.807) is 0 Å². The summed E-state index contributed by atoms with van der Waals surface area (Å²) in [6.45, 7) is 12.1. The maximum Gasteiger partial charge on any atom is 0.303 e. The lowest BCUT2D eigenvalue weighted by Gasteiger charge is -2.29. The van der Waals surface area contributed by atoms with Crippen LogP contribution >= 0.6 is 11.8 Å². The Kier molecular flexibility index (Phi) is 8.41. The Bertz CT molecular complexity index is 280. The molecule has 2 nitrogen and oxygen atoms in total. The molecule has 0 spiro atoms. The Morgan fingerprint density at radius 3 is 2.33 bits per heavy atom. The molecule has 0 rings (SSSR count). The fourth-order valence-electron chi connectivity index (χ4n) is 1.75. The van der Waals surface area contributed by atoms with Gasteiger partial charge in [-0.25, -0.2) is 0 Å². The van der Waals surface area contributed by atoms with Gasteiger partial charge in [0, 0.05) is 6.92 Å². The minimum absolute atomic E-state index is 0.177. The molecule has 0 aliphatic rings. The number of esters is 1. The molecule has 0 radical (unpaired) electrons. The number of carbonyl (C=O) groups is 1. The third kappa shape index (κ3) is 9.58. The Morgan fingerprint density at radius 2 is 1.89 bits per heavy atom. The third-order valence-corrected chi connectivity index (χ3v) is 3.80. The van der Waals surface area contributed by atoms with Crippen molar-refractivity contribution in [2.45, 2.75) is 71.7 Å². The Labute approximate surface area is 117 Å². The van der Waals surface area contributed by atoms with Gasteiger partial charge in [-0.05, 0) is 51.0 Å². The highest BCUT2D eigenvalue weighted by Gasteiger charge is 2.26. The van der Waals surface area contributed by atoms with Crippen molar-refractivity contribution in [2.24, 2.45) is 0 Å². The van der Waals surface area contributed by atoms with E-state index in [1.807, 2.05) is 18.7 Å². The van der Waals surface area contributed by atoms with Gasteiger partial charge in [0.25, 0.3) is 0 Å². The minimum Gasteiger partial charge on any atom is -0.460 e. The number of rotatable bonds is 8. The van der Waals surface area contributed by atoms with E-state index < -0.39 is 0 Å². The molecule has 0 saturated heterocycles. The van der Waals surface area contributed by atoms with Crippen LogP contribution in [-0.2, 0) is 9.53 Å². The van der Waals surface area contributed by atoms with E-state index in [0.29, 0.717) is 5.25 Å². The van der Waals surface area contributed by atoms with Gasteiger partial charge in [0.2, 0.25) is 0 Å². The zero-order valence-corrected chi connectivity index (χ0v) is 13.5. The first kappa shape index (κ1) is 17.6. The highest BCUT2D eigenvalue weighted by molar-refractivity contribution is 7.99.